The van der Waals surface area contributed by atoms with Crippen molar-refractivity contribution in [3.63, 3.8) is 0 Å². The van der Waals surface area contributed by atoms with Gasteiger partial charge in [0.1, 0.15) is 10.6 Å². The molecular weight excluding hydrogens is 224 g/mol. The molecule has 0 spiro atoms. The van der Waals surface area contributed by atoms with Crippen LogP contribution < -0.4 is 11.1 Å². The van der Waals surface area contributed by atoms with E-state index >= 15 is 0 Å². The first-order valence-electron chi connectivity index (χ1n) is 4.85. The molecule has 0 fully saturated rings. The van der Waals surface area contributed by atoms with Crippen molar-refractivity contribution in [3.8, 4) is 0 Å². The second-order valence-electron chi connectivity index (χ2n) is 3.42. The SMILES string of the molecule is CC(NC(=O)c1sccc1N)c1ccco1. The molecule has 4 nitrogen and oxygen atoms in total. The second-order valence-corrected chi connectivity index (χ2v) is 4.33. The van der Waals surface area contributed by atoms with Crippen molar-refractivity contribution >= 4 is 22.9 Å². The van der Waals surface area contributed by atoms with Crippen molar-refractivity contribution in [3.05, 3.63) is 40.5 Å². The topological polar surface area (TPSA) is 68.3 Å². The number of carbonyl (C=O) groups is 1. The van der Waals surface area contributed by atoms with Crippen LogP contribution in [0.15, 0.2) is 34.3 Å². The van der Waals surface area contributed by atoms with E-state index < -0.39 is 0 Å². The Bertz CT molecular complexity index is 476. The van der Waals surface area contributed by atoms with Crippen LogP contribution in [0.2, 0.25) is 0 Å². The number of nitrogen functional groups attached to an aromatic ring is 1. The van der Waals surface area contributed by atoms with Crippen LogP contribution in [-0.2, 0) is 0 Å². The fourth-order valence-corrected chi connectivity index (χ4v) is 2.10. The Morgan fingerprint density at radius 1 is 1.56 bits per heavy atom. The van der Waals surface area contributed by atoms with Crippen LogP contribution >= 0.6 is 11.3 Å². The Morgan fingerprint density at radius 2 is 2.38 bits per heavy atom. The molecule has 5 heteroatoms. The van der Waals surface area contributed by atoms with Crippen LogP contribution in [0.25, 0.3) is 0 Å². The predicted octanol–water partition coefficient (Wildman–Crippen LogP) is 2.41. The van der Waals surface area contributed by atoms with E-state index in [1.165, 1.54) is 11.3 Å². The molecule has 16 heavy (non-hydrogen) atoms. The van der Waals surface area contributed by atoms with E-state index in [9.17, 15) is 4.79 Å². The summed E-state index contributed by atoms with van der Waals surface area (Å²) in [5, 5.41) is 4.62. The minimum atomic E-state index is -0.170. The third-order valence-electron chi connectivity index (χ3n) is 2.22. The molecule has 1 atom stereocenters. The van der Waals surface area contributed by atoms with Gasteiger partial charge in [0.15, 0.2) is 0 Å². The number of anilines is 1. The van der Waals surface area contributed by atoms with Gasteiger partial charge in [-0.25, -0.2) is 0 Å². The predicted molar refractivity (Wildman–Crippen MR) is 63.3 cm³/mol. The Labute approximate surface area is 97.1 Å². The summed E-state index contributed by atoms with van der Waals surface area (Å²) in [6, 6.07) is 5.17. The van der Waals surface area contributed by atoms with E-state index in [1.54, 1.807) is 23.8 Å². The van der Waals surface area contributed by atoms with Crippen LogP contribution in [0.4, 0.5) is 5.69 Å². The maximum Gasteiger partial charge on any atom is 0.264 e. The molecule has 2 aromatic rings. The summed E-state index contributed by atoms with van der Waals surface area (Å²) in [5.41, 5.74) is 6.17. The molecule has 0 aliphatic carbocycles. The van der Waals surface area contributed by atoms with Crippen molar-refractivity contribution in [2.45, 2.75) is 13.0 Å². The van der Waals surface area contributed by atoms with E-state index in [1.807, 2.05) is 13.0 Å². The maximum atomic E-state index is 11.8. The number of nitrogens with one attached hydrogen (secondary N) is 1. The molecule has 0 saturated heterocycles. The van der Waals surface area contributed by atoms with Gasteiger partial charge < -0.3 is 15.5 Å². The van der Waals surface area contributed by atoms with E-state index in [-0.39, 0.29) is 11.9 Å². The molecule has 1 unspecified atom stereocenters. The smallest absolute Gasteiger partial charge is 0.264 e. The van der Waals surface area contributed by atoms with Gasteiger partial charge in [0, 0.05) is 0 Å². The minimum absolute atomic E-state index is 0.163. The lowest BCUT2D eigenvalue weighted by Crippen LogP contribution is -2.26. The van der Waals surface area contributed by atoms with Crippen LogP contribution in [0.1, 0.15) is 28.4 Å². The minimum Gasteiger partial charge on any atom is -0.467 e. The number of hydrogen-bond donors (Lipinski definition) is 2. The van der Waals surface area contributed by atoms with Gasteiger partial charge in [0.2, 0.25) is 0 Å². The molecule has 2 heterocycles. The van der Waals surface area contributed by atoms with Crippen LogP contribution in [0, 0.1) is 0 Å². The average Bonchev–Trinajstić information content (AvgIpc) is 2.86. The van der Waals surface area contributed by atoms with Crippen LogP contribution in [0.5, 0.6) is 0 Å². The summed E-state index contributed by atoms with van der Waals surface area (Å²) in [7, 11) is 0. The summed E-state index contributed by atoms with van der Waals surface area (Å²) in [6.07, 6.45) is 1.58. The number of rotatable bonds is 3. The molecule has 0 aliphatic heterocycles. The molecular formula is C11H12N2O2S. The molecule has 2 rings (SSSR count). The van der Waals surface area contributed by atoms with Gasteiger partial charge in [-0.3, -0.25) is 4.79 Å². The highest BCUT2D eigenvalue weighted by molar-refractivity contribution is 7.12. The van der Waals surface area contributed by atoms with Gasteiger partial charge in [-0.15, -0.1) is 11.3 Å². The van der Waals surface area contributed by atoms with Crippen molar-refractivity contribution < 1.29 is 9.21 Å². The molecule has 0 saturated carbocycles. The third-order valence-corrected chi connectivity index (χ3v) is 3.15. The van der Waals surface area contributed by atoms with Crippen molar-refractivity contribution in [2.75, 3.05) is 5.73 Å². The van der Waals surface area contributed by atoms with Gasteiger partial charge in [-0.2, -0.15) is 0 Å². The molecule has 0 radical (unpaired) electrons. The summed E-state index contributed by atoms with van der Waals surface area (Å²) in [5.74, 6) is 0.555. The fraction of sp³-hybridized carbons (Fsp3) is 0.182. The van der Waals surface area contributed by atoms with Crippen molar-refractivity contribution in [1.82, 2.24) is 5.32 Å². The first-order chi connectivity index (χ1) is 7.68. The lowest BCUT2D eigenvalue weighted by Gasteiger charge is -2.10. The zero-order valence-electron chi connectivity index (χ0n) is 8.77. The Morgan fingerprint density at radius 3 is 2.94 bits per heavy atom. The zero-order chi connectivity index (χ0) is 11.5. The Balaban J connectivity index is 2.06. The van der Waals surface area contributed by atoms with E-state index in [4.69, 9.17) is 10.2 Å². The van der Waals surface area contributed by atoms with Crippen molar-refractivity contribution in [1.29, 1.82) is 0 Å². The molecule has 2 aromatic heterocycles. The number of thiophene rings is 1. The summed E-state index contributed by atoms with van der Waals surface area (Å²) in [4.78, 5) is 12.4. The summed E-state index contributed by atoms with van der Waals surface area (Å²) < 4.78 is 5.20. The first-order valence-corrected chi connectivity index (χ1v) is 5.73. The van der Waals surface area contributed by atoms with E-state index in [0.29, 0.717) is 10.6 Å². The monoisotopic (exact) mass is 236 g/mol. The highest BCUT2D eigenvalue weighted by Gasteiger charge is 2.16. The van der Waals surface area contributed by atoms with Gasteiger partial charge >= 0.3 is 0 Å². The first kappa shape index (κ1) is 10.8. The molecule has 0 aromatic carbocycles. The molecule has 84 valence electrons. The lowest BCUT2D eigenvalue weighted by molar-refractivity contribution is 0.0940. The van der Waals surface area contributed by atoms with Crippen LogP contribution in [-0.4, -0.2) is 5.91 Å². The van der Waals surface area contributed by atoms with Gasteiger partial charge in [0.05, 0.1) is 18.0 Å². The number of amides is 1. The number of carbonyl (C=O) groups excluding carboxylic acids is 1. The quantitative estimate of drug-likeness (QED) is 0.859. The van der Waals surface area contributed by atoms with Gasteiger partial charge in [-0.1, -0.05) is 0 Å². The Hall–Kier alpha value is -1.75. The molecule has 0 aliphatic rings. The molecule has 1 amide bonds. The van der Waals surface area contributed by atoms with E-state index in [2.05, 4.69) is 5.32 Å². The largest absolute Gasteiger partial charge is 0.467 e. The summed E-state index contributed by atoms with van der Waals surface area (Å²) >= 11 is 1.33. The van der Waals surface area contributed by atoms with Gasteiger partial charge in [0.25, 0.3) is 5.91 Å². The summed E-state index contributed by atoms with van der Waals surface area (Å²) in [6.45, 7) is 1.86. The number of furan rings is 1. The second kappa shape index (κ2) is 4.40. The number of nitrogens with two attached hydrogens (primary N) is 1. The third kappa shape index (κ3) is 2.09. The Kier molecular flexibility index (Phi) is 2.96. The normalized spacial score (nSPS) is 12.3. The lowest BCUT2D eigenvalue weighted by atomic mass is 10.2. The zero-order valence-corrected chi connectivity index (χ0v) is 9.58. The van der Waals surface area contributed by atoms with E-state index in [0.717, 1.165) is 5.76 Å². The highest BCUT2D eigenvalue weighted by atomic mass is 32.1. The molecule has 0 bridgehead atoms. The average molecular weight is 236 g/mol. The molecule has 3 N–H and O–H groups in total. The van der Waals surface area contributed by atoms with Gasteiger partial charge in [-0.05, 0) is 30.5 Å². The number of hydrogen-bond acceptors (Lipinski definition) is 4. The van der Waals surface area contributed by atoms with Crippen LogP contribution in [0.3, 0.4) is 0 Å². The standard InChI is InChI=1S/C11H12N2O2S/c1-7(9-3-2-5-15-9)13-11(14)10-8(12)4-6-16-10/h2-7H,12H2,1H3,(H,13,14). The fourth-order valence-electron chi connectivity index (χ4n) is 1.37. The van der Waals surface area contributed by atoms with Crippen molar-refractivity contribution in [2.24, 2.45) is 0 Å². The maximum absolute atomic E-state index is 11.8. The highest BCUT2D eigenvalue weighted by Crippen LogP contribution is 2.20.